The summed E-state index contributed by atoms with van der Waals surface area (Å²) < 4.78 is 10.3. The van der Waals surface area contributed by atoms with Crippen LogP contribution in [-0.2, 0) is 14.9 Å². The SMILES string of the molecule is C=C(C)[C@]1(C)CC(=O)c2c(O)c(C(C)C)c(OC)c(O)c2[C@@]1(C)CCC(=O)OC. The highest BCUT2D eigenvalue weighted by molar-refractivity contribution is 6.04. The molecule has 6 heteroatoms. The van der Waals surface area contributed by atoms with Crippen molar-refractivity contribution in [3.05, 3.63) is 28.8 Å². The number of hydrogen-bond donors (Lipinski definition) is 2. The zero-order valence-corrected chi connectivity index (χ0v) is 18.4. The van der Waals surface area contributed by atoms with E-state index in [1.54, 1.807) is 0 Å². The second-order valence-electron chi connectivity index (χ2n) is 8.67. The minimum absolute atomic E-state index is 0.0952. The van der Waals surface area contributed by atoms with Crippen LogP contribution >= 0.6 is 0 Å². The van der Waals surface area contributed by atoms with E-state index in [0.717, 1.165) is 5.57 Å². The summed E-state index contributed by atoms with van der Waals surface area (Å²) in [6, 6.07) is 0. The molecule has 2 N–H and O–H groups in total. The Morgan fingerprint density at radius 1 is 1.21 bits per heavy atom. The Hall–Kier alpha value is -2.50. The Bertz CT molecular complexity index is 869. The summed E-state index contributed by atoms with van der Waals surface area (Å²) in [5.74, 6) is -1.01. The van der Waals surface area contributed by atoms with Gasteiger partial charge in [-0.2, -0.15) is 0 Å². The monoisotopic (exact) mass is 404 g/mol. The summed E-state index contributed by atoms with van der Waals surface area (Å²) in [5.41, 5.74) is -0.0269. The third kappa shape index (κ3) is 3.28. The average Bonchev–Trinajstić information content (AvgIpc) is 2.64. The van der Waals surface area contributed by atoms with Gasteiger partial charge in [0.15, 0.2) is 17.3 Å². The molecule has 0 unspecified atom stereocenters. The second kappa shape index (κ2) is 7.73. The first kappa shape index (κ1) is 22.8. The van der Waals surface area contributed by atoms with Gasteiger partial charge < -0.3 is 19.7 Å². The summed E-state index contributed by atoms with van der Waals surface area (Å²) in [5, 5.41) is 22.3. The summed E-state index contributed by atoms with van der Waals surface area (Å²) in [4.78, 5) is 25.1. The zero-order valence-electron chi connectivity index (χ0n) is 18.4. The Kier molecular flexibility index (Phi) is 6.07. The number of carbonyl (C=O) groups is 2. The van der Waals surface area contributed by atoms with E-state index in [4.69, 9.17) is 9.47 Å². The minimum atomic E-state index is -0.860. The molecule has 29 heavy (non-hydrogen) atoms. The predicted octanol–water partition coefficient (Wildman–Crippen LogP) is 4.61. The van der Waals surface area contributed by atoms with Crippen molar-refractivity contribution in [3.63, 3.8) is 0 Å². The zero-order chi connectivity index (χ0) is 22.3. The molecule has 0 aromatic heterocycles. The maximum absolute atomic E-state index is 13.2. The van der Waals surface area contributed by atoms with Gasteiger partial charge >= 0.3 is 5.97 Å². The number of esters is 1. The molecule has 0 saturated carbocycles. The largest absolute Gasteiger partial charge is 0.507 e. The van der Waals surface area contributed by atoms with Gasteiger partial charge in [-0.05, 0) is 19.3 Å². The summed E-state index contributed by atoms with van der Waals surface area (Å²) in [6.45, 7) is 13.4. The standard InChI is InChI=1S/C23H32O6/c1-12(2)16-19(26)17-14(24)11-23(6,13(3)4)22(5,10-9-15(25)28-7)18(17)20(27)21(16)29-8/h12,26-27H,3,9-11H2,1-2,4-8H3/t22-,23+/m1/s1. The normalized spacial score (nSPS) is 23.7. The number of carbonyl (C=O) groups excluding carboxylic acids is 2. The number of ether oxygens (including phenoxy) is 2. The molecule has 0 radical (unpaired) electrons. The molecule has 2 atom stereocenters. The molecule has 0 bridgehead atoms. The number of aromatic hydroxyl groups is 2. The number of rotatable bonds is 6. The number of ketones is 1. The Labute approximate surface area is 172 Å². The smallest absolute Gasteiger partial charge is 0.305 e. The van der Waals surface area contributed by atoms with Crippen LogP contribution in [0.15, 0.2) is 12.2 Å². The number of allylic oxidation sites excluding steroid dienone is 1. The van der Waals surface area contributed by atoms with E-state index in [0.29, 0.717) is 17.5 Å². The van der Waals surface area contributed by atoms with Gasteiger partial charge in [-0.3, -0.25) is 9.59 Å². The van der Waals surface area contributed by atoms with Gasteiger partial charge in [0, 0.05) is 34.8 Å². The Morgan fingerprint density at radius 2 is 1.79 bits per heavy atom. The summed E-state index contributed by atoms with van der Waals surface area (Å²) in [6.07, 6.45) is 0.516. The Morgan fingerprint density at radius 3 is 2.24 bits per heavy atom. The van der Waals surface area contributed by atoms with Crippen molar-refractivity contribution in [2.24, 2.45) is 5.41 Å². The number of methoxy groups -OCH3 is 2. The highest BCUT2D eigenvalue weighted by Crippen LogP contribution is 2.62. The molecule has 160 valence electrons. The van der Waals surface area contributed by atoms with E-state index in [1.165, 1.54) is 14.2 Å². The molecule has 0 spiro atoms. The van der Waals surface area contributed by atoms with Gasteiger partial charge in [-0.15, -0.1) is 0 Å². The lowest BCUT2D eigenvalue weighted by molar-refractivity contribution is -0.141. The van der Waals surface area contributed by atoms with Gasteiger partial charge in [-0.1, -0.05) is 39.8 Å². The lowest BCUT2D eigenvalue weighted by atomic mass is 9.51. The molecular formula is C23H32O6. The molecule has 2 rings (SSSR count). The van der Waals surface area contributed by atoms with Crippen LogP contribution in [-0.4, -0.2) is 36.2 Å². The maximum atomic E-state index is 13.2. The van der Waals surface area contributed by atoms with Crippen LogP contribution in [0.5, 0.6) is 17.2 Å². The van der Waals surface area contributed by atoms with E-state index in [-0.39, 0.29) is 53.3 Å². The van der Waals surface area contributed by atoms with Crippen LogP contribution in [0.4, 0.5) is 0 Å². The molecule has 1 aliphatic rings. The fourth-order valence-corrected chi connectivity index (χ4v) is 4.63. The van der Waals surface area contributed by atoms with Gasteiger partial charge in [0.1, 0.15) is 5.75 Å². The van der Waals surface area contributed by atoms with Crippen molar-refractivity contribution in [1.82, 2.24) is 0 Å². The molecule has 0 amide bonds. The van der Waals surface area contributed by atoms with Crippen LogP contribution in [0, 0.1) is 5.41 Å². The van der Waals surface area contributed by atoms with Gasteiger partial charge in [-0.25, -0.2) is 0 Å². The topological polar surface area (TPSA) is 93.1 Å². The predicted molar refractivity (Wildman–Crippen MR) is 111 cm³/mol. The Balaban J connectivity index is 2.94. The fraction of sp³-hybridized carbons (Fsp3) is 0.565. The number of phenols is 2. The van der Waals surface area contributed by atoms with Crippen LogP contribution in [0.1, 0.15) is 81.3 Å². The lowest BCUT2D eigenvalue weighted by Crippen LogP contribution is -2.48. The molecule has 0 aliphatic heterocycles. The number of fused-ring (bicyclic) bond motifs is 1. The third-order valence-corrected chi connectivity index (χ3v) is 6.78. The quantitative estimate of drug-likeness (QED) is 0.409. The fourth-order valence-electron chi connectivity index (χ4n) is 4.63. The third-order valence-electron chi connectivity index (χ3n) is 6.78. The number of hydrogen-bond acceptors (Lipinski definition) is 6. The van der Waals surface area contributed by atoms with E-state index in [2.05, 4.69) is 6.58 Å². The highest BCUT2D eigenvalue weighted by Gasteiger charge is 2.55. The van der Waals surface area contributed by atoms with Crippen LogP contribution in [0.3, 0.4) is 0 Å². The number of benzene rings is 1. The molecule has 0 saturated heterocycles. The number of Topliss-reactive ketones (excluding diaryl/α,β-unsaturated/α-hetero) is 1. The van der Waals surface area contributed by atoms with Gasteiger partial charge in [0.05, 0.1) is 19.8 Å². The van der Waals surface area contributed by atoms with Crippen LogP contribution in [0.25, 0.3) is 0 Å². The van der Waals surface area contributed by atoms with Crippen LogP contribution in [0.2, 0.25) is 0 Å². The van der Waals surface area contributed by atoms with E-state index in [1.807, 2.05) is 34.6 Å². The summed E-state index contributed by atoms with van der Waals surface area (Å²) >= 11 is 0. The second-order valence-corrected chi connectivity index (χ2v) is 8.67. The van der Waals surface area contributed by atoms with E-state index in [9.17, 15) is 19.8 Å². The minimum Gasteiger partial charge on any atom is -0.507 e. The van der Waals surface area contributed by atoms with Gasteiger partial charge in [0.2, 0.25) is 0 Å². The number of phenolic OH excluding ortho intramolecular Hbond substituents is 2. The first-order valence-corrected chi connectivity index (χ1v) is 9.79. The van der Waals surface area contributed by atoms with Crippen molar-refractivity contribution in [3.8, 4) is 17.2 Å². The molecule has 1 aromatic carbocycles. The van der Waals surface area contributed by atoms with Crippen molar-refractivity contribution in [2.75, 3.05) is 14.2 Å². The average molecular weight is 405 g/mol. The first-order valence-electron chi connectivity index (χ1n) is 9.79. The van der Waals surface area contributed by atoms with Crippen LogP contribution < -0.4 is 4.74 Å². The first-order chi connectivity index (χ1) is 13.4. The highest BCUT2D eigenvalue weighted by atomic mass is 16.5. The van der Waals surface area contributed by atoms with E-state index < -0.39 is 10.8 Å². The molecule has 0 fully saturated rings. The molecule has 1 aromatic rings. The van der Waals surface area contributed by atoms with Crippen molar-refractivity contribution in [2.45, 2.75) is 65.2 Å². The van der Waals surface area contributed by atoms with Gasteiger partial charge in [0.25, 0.3) is 0 Å². The molecule has 0 heterocycles. The van der Waals surface area contributed by atoms with Crippen molar-refractivity contribution in [1.29, 1.82) is 0 Å². The molecular weight excluding hydrogens is 372 g/mol. The van der Waals surface area contributed by atoms with Crippen molar-refractivity contribution < 1.29 is 29.3 Å². The molecule has 6 nitrogen and oxygen atoms in total. The van der Waals surface area contributed by atoms with Crippen molar-refractivity contribution >= 4 is 11.8 Å². The van der Waals surface area contributed by atoms with E-state index >= 15 is 0 Å². The maximum Gasteiger partial charge on any atom is 0.305 e. The summed E-state index contributed by atoms with van der Waals surface area (Å²) in [7, 11) is 2.74. The lowest BCUT2D eigenvalue weighted by Gasteiger charge is -2.51. The molecule has 1 aliphatic carbocycles.